The number of aromatic nitrogens is 1. The van der Waals surface area contributed by atoms with Gasteiger partial charge < -0.3 is 16.0 Å². The average Bonchev–Trinajstić information content (AvgIpc) is 2.89. The Labute approximate surface area is 127 Å². The van der Waals surface area contributed by atoms with Crippen molar-refractivity contribution >= 4 is 33.2 Å². The van der Waals surface area contributed by atoms with Gasteiger partial charge in [-0.25, -0.2) is 5.21 Å². The maximum atomic E-state index is 11.5. The number of aromatic amines is 1. The first-order chi connectivity index (χ1) is 10.4. The smallest absolute Gasteiger partial charge is 0.167 e. The van der Waals surface area contributed by atoms with E-state index in [4.69, 9.17) is 5.84 Å². The van der Waals surface area contributed by atoms with Crippen LogP contribution in [0, 0.1) is 19.1 Å². The number of quaternary nitrogens is 1. The highest BCUT2D eigenvalue weighted by Crippen LogP contribution is 2.33. The van der Waals surface area contributed by atoms with Gasteiger partial charge in [0.1, 0.15) is 0 Å². The number of hydrazone groups is 1. The van der Waals surface area contributed by atoms with E-state index in [1.165, 1.54) is 0 Å². The zero-order valence-corrected chi connectivity index (χ0v) is 12.7. The molecule has 6 nitrogen and oxygen atoms in total. The summed E-state index contributed by atoms with van der Waals surface area (Å²) in [5.74, 6) is 5.36. The molecule has 0 aliphatic carbocycles. The summed E-state index contributed by atoms with van der Waals surface area (Å²) in [5.41, 5.74) is 5.61. The summed E-state index contributed by atoms with van der Waals surface area (Å²) in [4.78, 5) is 3.37. The van der Waals surface area contributed by atoms with Crippen molar-refractivity contribution in [3.8, 4) is 0 Å². The highest BCUT2D eigenvalue weighted by atomic mass is 16.8. The molecule has 1 heterocycles. The Balaban J connectivity index is 2.44. The van der Waals surface area contributed by atoms with E-state index in [-0.39, 0.29) is 0 Å². The summed E-state index contributed by atoms with van der Waals surface area (Å²) in [5, 5.41) is 25.6. The van der Waals surface area contributed by atoms with Crippen LogP contribution in [0.5, 0.6) is 0 Å². The summed E-state index contributed by atoms with van der Waals surface area (Å²) in [6, 6.07) is 7.63. The van der Waals surface area contributed by atoms with Crippen LogP contribution in [0.3, 0.4) is 0 Å². The summed E-state index contributed by atoms with van der Waals surface area (Å²) >= 11 is 0. The van der Waals surface area contributed by atoms with Crippen LogP contribution in [0.1, 0.15) is 23.6 Å². The first kappa shape index (κ1) is 14.5. The first-order valence-electron chi connectivity index (χ1n) is 6.97. The van der Waals surface area contributed by atoms with Gasteiger partial charge in [-0.15, -0.1) is 0 Å². The van der Waals surface area contributed by atoms with Crippen molar-refractivity contribution in [1.29, 1.82) is 0 Å². The number of rotatable bonds is 2. The third kappa shape index (κ3) is 2.05. The number of fused-ring (bicyclic) bond motifs is 3. The standard InChI is InChI=1S/C16H18N4O2/c1-8-6-14(20(21)22)9(2)15-12-7-11(10(3)19-17)4-5-13(12)18-16(8)15/h4-7,18,20-21H,17H2,1-3H3/b19-10+. The van der Waals surface area contributed by atoms with Gasteiger partial charge in [0.05, 0.1) is 11.2 Å². The number of nitrogens with one attached hydrogen (secondary N) is 2. The summed E-state index contributed by atoms with van der Waals surface area (Å²) in [7, 11) is 0. The third-order valence-electron chi connectivity index (χ3n) is 4.17. The second kappa shape index (κ2) is 5.10. The van der Waals surface area contributed by atoms with Gasteiger partial charge in [-0.3, -0.25) is 0 Å². The molecule has 0 saturated heterocycles. The number of hydrogen-bond donors (Lipinski definition) is 4. The summed E-state index contributed by atoms with van der Waals surface area (Å²) < 4.78 is 0. The Hall–Kier alpha value is -2.41. The molecule has 3 rings (SSSR count). The second-order valence-corrected chi connectivity index (χ2v) is 5.52. The minimum Gasteiger partial charge on any atom is -0.595 e. The molecule has 0 saturated carbocycles. The van der Waals surface area contributed by atoms with Crippen molar-refractivity contribution in [2.75, 3.05) is 0 Å². The zero-order valence-electron chi connectivity index (χ0n) is 12.7. The van der Waals surface area contributed by atoms with E-state index < -0.39 is 5.23 Å². The van der Waals surface area contributed by atoms with Crippen LogP contribution in [0.15, 0.2) is 29.4 Å². The highest BCUT2D eigenvalue weighted by molar-refractivity contribution is 6.13. The molecule has 0 aliphatic heterocycles. The van der Waals surface area contributed by atoms with Crippen LogP contribution >= 0.6 is 0 Å². The number of hydrogen-bond acceptors (Lipinski definition) is 4. The minimum absolute atomic E-state index is 0.334. The molecule has 0 bridgehead atoms. The van der Waals surface area contributed by atoms with Gasteiger partial charge in [-0.2, -0.15) is 10.3 Å². The van der Waals surface area contributed by atoms with Crippen molar-refractivity contribution < 1.29 is 10.4 Å². The lowest BCUT2D eigenvalue weighted by atomic mass is 10.0. The van der Waals surface area contributed by atoms with Gasteiger partial charge in [-0.1, -0.05) is 6.07 Å². The molecule has 114 valence electrons. The maximum Gasteiger partial charge on any atom is 0.167 e. The van der Waals surface area contributed by atoms with Crippen molar-refractivity contribution in [2.45, 2.75) is 20.8 Å². The first-order valence-corrected chi connectivity index (χ1v) is 6.97. The summed E-state index contributed by atoms with van der Waals surface area (Å²) in [6.07, 6.45) is 0. The molecular formula is C16H18N4O2. The lowest BCUT2D eigenvalue weighted by Crippen LogP contribution is -2.99. The second-order valence-electron chi connectivity index (χ2n) is 5.52. The molecular weight excluding hydrogens is 280 g/mol. The number of benzene rings is 2. The number of nitrogens with two attached hydrogens (primary N) is 1. The van der Waals surface area contributed by atoms with E-state index in [0.29, 0.717) is 5.69 Å². The molecule has 0 aliphatic rings. The number of nitrogens with zero attached hydrogens (tertiary/aromatic N) is 1. The van der Waals surface area contributed by atoms with Crippen LogP contribution in [0.2, 0.25) is 0 Å². The SMILES string of the molecule is C/C(=N\N)c1ccc2[nH]c3c(C)cc([NH+]([O-])O)c(C)c3c2c1. The van der Waals surface area contributed by atoms with E-state index in [1.54, 1.807) is 6.07 Å². The normalized spacial score (nSPS) is 14.0. The molecule has 1 aromatic heterocycles. The quantitative estimate of drug-likeness (QED) is 0.331. The van der Waals surface area contributed by atoms with Gasteiger partial charge in [0.25, 0.3) is 0 Å². The lowest BCUT2D eigenvalue weighted by Gasteiger charge is -2.15. The highest BCUT2D eigenvalue weighted by Gasteiger charge is 2.16. The minimum atomic E-state index is -0.910. The van der Waals surface area contributed by atoms with Gasteiger partial charge in [0, 0.05) is 27.9 Å². The predicted molar refractivity (Wildman–Crippen MR) is 87.5 cm³/mol. The van der Waals surface area contributed by atoms with Crippen LogP contribution in [-0.2, 0) is 0 Å². The fourth-order valence-electron chi connectivity index (χ4n) is 2.93. The van der Waals surface area contributed by atoms with E-state index in [9.17, 15) is 10.4 Å². The molecule has 1 atom stereocenters. The molecule has 0 radical (unpaired) electrons. The fraction of sp³-hybridized carbons (Fsp3) is 0.188. The Morgan fingerprint density at radius 1 is 1.32 bits per heavy atom. The molecule has 5 N–H and O–H groups in total. The predicted octanol–water partition coefficient (Wildman–Crippen LogP) is 2.02. The van der Waals surface area contributed by atoms with Crippen LogP contribution in [0.4, 0.5) is 5.69 Å². The Morgan fingerprint density at radius 3 is 2.68 bits per heavy atom. The fourth-order valence-corrected chi connectivity index (χ4v) is 2.93. The van der Waals surface area contributed by atoms with Gasteiger partial charge in [-0.05, 0) is 44.0 Å². The van der Waals surface area contributed by atoms with Gasteiger partial charge >= 0.3 is 0 Å². The largest absolute Gasteiger partial charge is 0.595 e. The molecule has 6 heteroatoms. The molecule has 22 heavy (non-hydrogen) atoms. The van der Waals surface area contributed by atoms with E-state index in [1.807, 2.05) is 39.0 Å². The molecule has 0 amide bonds. The molecule has 0 fully saturated rings. The number of H-pyrrole nitrogens is 1. The molecule has 1 unspecified atom stereocenters. The average molecular weight is 298 g/mol. The molecule has 0 spiro atoms. The molecule has 2 aromatic carbocycles. The van der Waals surface area contributed by atoms with Crippen molar-refractivity contribution in [3.05, 3.63) is 46.2 Å². The zero-order chi connectivity index (χ0) is 16.0. The Morgan fingerprint density at radius 2 is 2.05 bits per heavy atom. The number of aryl methyl sites for hydroxylation is 2. The van der Waals surface area contributed by atoms with Crippen molar-refractivity contribution in [1.82, 2.24) is 4.98 Å². The topological polar surface area (TPSA) is 102 Å². The van der Waals surface area contributed by atoms with Crippen LogP contribution < -0.4 is 11.1 Å². The van der Waals surface area contributed by atoms with Gasteiger partial charge in [0.15, 0.2) is 5.69 Å². The monoisotopic (exact) mass is 298 g/mol. The molecule has 3 aromatic rings. The summed E-state index contributed by atoms with van der Waals surface area (Å²) in [6.45, 7) is 5.60. The lowest BCUT2D eigenvalue weighted by molar-refractivity contribution is -0.991. The van der Waals surface area contributed by atoms with Crippen molar-refractivity contribution in [3.63, 3.8) is 0 Å². The van der Waals surface area contributed by atoms with E-state index in [2.05, 4.69) is 10.1 Å². The van der Waals surface area contributed by atoms with Crippen molar-refractivity contribution in [2.24, 2.45) is 10.9 Å². The third-order valence-corrected chi connectivity index (χ3v) is 4.17. The Kier molecular flexibility index (Phi) is 3.37. The van der Waals surface area contributed by atoms with E-state index >= 15 is 0 Å². The van der Waals surface area contributed by atoms with E-state index in [0.717, 1.165) is 44.2 Å². The van der Waals surface area contributed by atoms with Gasteiger partial charge in [0.2, 0.25) is 0 Å². The van der Waals surface area contributed by atoms with Crippen LogP contribution in [-0.4, -0.2) is 15.9 Å². The Bertz CT molecular complexity index is 910. The van der Waals surface area contributed by atoms with Crippen LogP contribution in [0.25, 0.3) is 21.8 Å². The maximum absolute atomic E-state index is 11.5.